The zero-order valence-corrected chi connectivity index (χ0v) is 14.2. The molecule has 0 spiro atoms. The van der Waals surface area contributed by atoms with E-state index in [4.69, 9.17) is 4.74 Å². The van der Waals surface area contributed by atoms with E-state index in [9.17, 15) is 4.79 Å². The number of hydrogen-bond acceptors (Lipinski definition) is 7. The van der Waals surface area contributed by atoms with Crippen molar-refractivity contribution in [3.05, 3.63) is 24.0 Å². The number of carbonyl (C=O) groups is 1. The predicted molar refractivity (Wildman–Crippen MR) is 93.6 cm³/mol. The Morgan fingerprint density at radius 2 is 1.83 bits per heavy atom. The second kappa shape index (κ2) is 6.90. The van der Waals surface area contributed by atoms with Crippen LogP contribution in [0.1, 0.15) is 10.6 Å². The van der Waals surface area contributed by atoms with Gasteiger partial charge in [0, 0.05) is 43.4 Å². The van der Waals surface area contributed by atoms with E-state index in [0.29, 0.717) is 11.0 Å². The van der Waals surface area contributed by atoms with Crippen LogP contribution in [-0.4, -0.2) is 76.9 Å². The lowest BCUT2D eigenvalue weighted by atomic mass is 10.2. The number of hydrogen-bond donors (Lipinski definition) is 0. The van der Waals surface area contributed by atoms with Crippen molar-refractivity contribution in [1.82, 2.24) is 20.1 Å². The summed E-state index contributed by atoms with van der Waals surface area (Å²) < 4.78 is 5.39. The molecule has 24 heavy (non-hydrogen) atoms. The molecular weight excluding hydrogens is 326 g/mol. The maximum Gasteiger partial charge on any atom is 0.293 e. The summed E-state index contributed by atoms with van der Waals surface area (Å²) in [5.74, 6) is 2.00. The van der Waals surface area contributed by atoms with Crippen LogP contribution in [0.25, 0.3) is 11.0 Å². The molecule has 8 heteroatoms. The Labute approximate surface area is 144 Å². The summed E-state index contributed by atoms with van der Waals surface area (Å²) in [6.45, 7) is 4.69. The Balaban J connectivity index is 1.61. The zero-order chi connectivity index (χ0) is 16.4. The van der Waals surface area contributed by atoms with Crippen LogP contribution in [0.5, 0.6) is 0 Å². The van der Waals surface area contributed by atoms with Crippen molar-refractivity contribution in [3.63, 3.8) is 0 Å². The van der Waals surface area contributed by atoms with Crippen LogP contribution >= 0.6 is 11.8 Å². The molecule has 0 aliphatic carbocycles. The van der Waals surface area contributed by atoms with Crippen molar-refractivity contribution < 1.29 is 9.53 Å². The van der Waals surface area contributed by atoms with Crippen molar-refractivity contribution in [2.45, 2.75) is 0 Å². The van der Waals surface area contributed by atoms with E-state index < -0.39 is 0 Å². The first-order chi connectivity index (χ1) is 11.8. The lowest BCUT2D eigenvalue weighted by Crippen LogP contribution is -2.38. The number of ether oxygens (including phenoxy) is 1. The molecule has 1 amide bonds. The maximum absolute atomic E-state index is 12.6. The first-order valence-corrected chi connectivity index (χ1v) is 9.31. The number of thioether (sulfide) groups is 1. The summed E-state index contributed by atoms with van der Waals surface area (Å²) in [7, 11) is 0. The molecule has 0 saturated carbocycles. The van der Waals surface area contributed by atoms with Crippen molar-refractivity contribution in [3.8, 4) is 0 Å². The Morgan fingerprint density at radius 1 is 1.04 bits per heavy atom. The van der Waals surface area contributed by atoms with Crippen LogP contribution < -0.4 is 4.90 Å². The number of anilines is 1. The number of aromatic nitrogens is 3. The van der Waals surface area contributed by atoms with E-state index in [1.165, 1.54) is 0 Å². The molecular formula is C16H19N5O2S. The third-order valence-electron chi connectivity index (χ3n) is 4.30. The Kier molecular flexibility index (Phi) is 4.48. The topological polar surface area (TPSA) is 71.5 Å². The van der Waals surface area contributed by atoms with E-state index in [-0.39, 0.29) is 11.7 Å². The van der Waals surface area contributed by atoms with Gasteiger partial charge in [-0.2, -0.15) is 11.8 Å². The number of fused-ring (bicyclic) bond motifs is 1. The SMILES string of the molecule is O=C(c1nnc2ccc(N3CCOCC3)cc2n1)N1CCSCC1. The van der Waals surface area contributed by atoms with E-state index in [2.05, 4.69) is 20.1 Å². The number of carbonyl (C=O) groups excluding carboxylic acids is 1. The highest BCUT2D eigenvalue weighted by Crippen LogP contribution is 2.21. The fourth-order valence-corrected chi connectivity index (χ4v) is 3.84. The fraction of sp³-hybridized carbons (Fsp3) is 0.500. The molecule has 4 rings (SSSR count). The van der Waals surface area contributed by atoms with Gasteiger partial charge >= 0.3 is 0 Å². The van der Waals surface area contributed by atoms with Crippen LogP contribution in [0.15, 0.2) is 18.2 Å². The van der Waals surface area contributed by atoms with Crippen LogP contribution in [0.3, 0.4) is 0 Å². The second-order valence-corrected chi connectivity index (χ2v) is 7.04. The summed E-state index contributed by atoms with van der Waals surface area (Å²) >= 11 is 1.87. The number of nitrogens with zero attached hydrogens (tertiary/aromatic N) is 5. The van der Waals surface area contributed by atoms with Crippen LogP contribution in [-0.2, 0) is 4.74 Å². The van der Waals surface area contributed by atoms with Gasteiger partial charge in [0.05, 0.1) is 18.7 Å². The molecule has 2 aliphatic heterocycles. The average molecular weight is 345 g/mol. The summed E-state index contributed by atoms with van der Waals surface area (Å²) in [4.78, 5) is 21.1. The quantitative estimate of drug-likeness (QED) is 0.805. The highest BCUT2D eigenvalue weighted by atomic mass is 32.2. The summed E-state index contributed by atoms with van der Waals surface area (Å²) in [5, 5.41) is 8.21. The molecule has 0 radical (unpaired) electrons. The van der Waals surface area contributed by atoms with E-state index in [1.807, 2.05) is 34.9 Å². The molecule has 126 valence electrons. The summed E-state index contributed by atoms with van der Waals surface area (Å²) in [5.41, 5.74) is 2.50. The predicted octanol–water partition coefficient (Wildman–Crippen LogP) is 1.05. The van der Waals surface area contributed by atoms with Gasteiger partial charge in [0.25, 0.3) is 5.91 Å². The van der Waals surface area contributed by atoms with Crippen molar-refractivity contribution in [2.75, 3.05) is 55.8 Å². The van der Waals surface area contributed by atoms with Gasteiger partial charge in [-0.1, -0.05) is 0 Å². The van der Waals surface area contributed by atoms with Gasteiger partial charge in [0.2, 0.25) is 5.82 Å². The highest BCUT2D eigenvalue weighted by Gasteiger charge is 2.22. The van der Waals surface area contributed by atoms with Gasteiger partial charge in [-0.3, -0.25) is 4.79 Å². The van der Waals surface area contributed by atoms with Crippen molar-refractivity contribution in [2.24, 2.45) is 0 Å². The molecule has 0 unspecified atom stereocenters. The molecule has 0 atom stereocenters. The molecule has 2 aliphatic rings. The number of rotatable bonds is 2. The van der Waals surface area contributed by atoms with Crippen molar-refractivity contribution >= 4 is 34.4 Å². The van der Waals surface area contributed by atoms with Crippen LogP contribution in [0, 0.1) is 0 Å². The molecule has 0 bridgehead atoms. The third kappa shape index (κ3) is 3.16. The molecule has 0 N–H and O–H groups in total. The first-order valence-electron chi connectivity index (χ1n) is 8.15. The van der Waals surface area contributed by atoms with Gasteiger partial charge in [0.1, 0.15) is 5.52 Å². The van der Waals surface area contributed by atoms with E-state index in [1.54, 1.807) is 0 Å². The smallest absolute Gasteiger partial charge is 0.293 e. The lowest BCUT2D eigenvalue weighted by molar-refractivity contribution is 0.0759. The van der Waals surface area contributed by atoms with Gasteiger partial charge in [-0.25, -0.2) is 4.98 Å². The zero-order valence-electron chi connectivity index (χ0n) is 13.3. The summed E-state index contributed by atoms with van der Waals surface area (Å²) in [6, 6.07) is 5.91. The van der Waals surface area contributed by atoms with Gasteiger partial charge in [0.15, 0.2) is 0 Å². The number of benzene rings is 1. The first kappa shape index (κ1) is 15.6. The molecule has 1 aromatic heterocycles. The third-order valence-corrected chi connectivity index (χ3v) is 5.25. The Bertz CT molecular complexity index is 744. The molecule has 7 nitrogen and oxygen atoms in total. The molecule has 3 heterocycles. The van der Waals surface area contributed by atoms with Gasteiger partial charge < -0.3 is 14.5 Å². The highest BCUT2D eigenvalue weighted by molar-refractivity contribution is 7.99. The van der Waals surface area contributed by atoms with E-state index >= 15 is 0 Å². The second-order valence-electron chi connectivity index (χ2n) is 5.81. The minimum absolute atomic E-state index is 0.124. The number of morpholine rings is 1. The minimum atomic E-state index is -0.124. The normalized spacial score (nSPS) is 18.8. The van der Waals surface area contributed by atoms with Crippen molar-refractivity contribution in [1.29, 1.82) is 0 Å². The molecule has 2 fully saturated rings. The Hall–Kier alpha value is -1.93. The van der Waals surface area contributed by atoms with Gasteiger partial charge in [-0.15, -0.1) is 10.2 Å². The van der Waals surface area contributed by atoms with E-state index in [0.717, 1.165) is 56.6 Å². The molecule has 1 aromatic carbocycles. The lowest BCUT2D eigenvalue weighted by Gasteiger charge is -2.28. The summed E-state index contributed by atoms with van der Waals surface area (Å²) in [6.07, 6.45) is 0. The number of amides is 1. The molecule has 2 aromatic rings. The Morgan fingerprint density at radius 3 is 2.62 bits per heavy atom. The largest absolute Gasteiger partial charge is 0.378 e. The fourth-order valence-electron chi connectivity index (χ4n) is 2.94. The molecule has 2 saturated heterocycles. The minimum Gasteiger partial charge on any atom is -0.378 e. The average Bonchev–Trinajstić information content (AvgIpc) is 2.68. The van der Waals surface area contributed by atoms with Crippen LogP contribution in [0.2, 0.25) is 0 Å². The standard InChI is InChI=1S/C16H19N5O2S/c22-16(21-5-9-24-10-6-21)15-17-14-11-12(1-2-13(14)18-19-15)20-3-7-23-8-4-20/h1-2,11H,3-10H2. The maximum atomic E-state index is 12.6. The van der Waals surface area contributed by atoms with Crippen LogP contribution in [0.4, 0.5) is 5.69 Å². The van der Waals surface area contributed by atoms with Gasteiger partial charge in [-0.05, 0) is 18.2 Å². The monoisotopic (exact) mass is 345 g/mol.